The Bertz CT molecular complexity index is 90.9. The van der Waals surface area contributed by atoms with E-state index in [9.17, 15) is 4.91 Å². The molecule has 0 radical (unpaired) electrons. The summed E-state index contributed by atoms with van der Waals surface area (Å²) in [6, 6.07) is 0. The van der Waals surface area contributed by atoms with E-state index < -0.39 is 0 Å². The summed E-state index contributed by atoms with van der Waals surface area (Å²) in [5, 5.41) is 0. The van der Waals surface area contributed by atoms with Gasteiger partial charge in [0.15, 0.2) is 13.6 Å². The van der Waals surface area contributed by atoms with Crippen molar-refractivity contribution < 1.29 is 4.76 Å². The van der Waals surface area contributed by atoms with Crippen molar-refractivity contribution >= 4 is 0 Å². The summed E-state index contributed by atoms with van der Waals surface area (Å²) in [6.07, 6.45) is 2.33. The molecule has 1 atom stereocenters. The van der Waals surface area contributed by atoms with Crippen molar-refractivity contribution in [3.63, 3.8) is 0 Å². The summed E-state index contributed by atoms with van der Waals surface area (Å²) in [6.45, 7) is 4.92. The first kappa shape index (κ1) is 8.60. The molecule has 0 aromatic rings. The Morgan fingerprint density at radius 2 is 2.11 bits per heavy atom. The van der Waals surface area contributed by atoms with Crippen LogP contribution in [0, 0.1) is 10.8 Å². The maximum Gasteiger partial charge on any atom is 0.194 e. The van der Waals surface area contributed by atoms with Gasteiger partial charge < -0.3 is 0 Å². The molecule has 0 saturated carbocycles. The molecule has 0 aliphatic carbocycles. The van der Waals surface area contributed by atoms with Gasteiger partial charge in [-0.1, -0.05) is 20.3 Å². The zero-order chi connectivity index (χ0) is 7.28. The summed E-state index contributed by atoms with van der Waals surface area (Å²) in [4.78, 5) is 10.4. The topological polar surface area (TPSA) is 20.1 Å². The quantitative estimate of drug-likeness (QED) is 0.531. The van der Waals surface area contributed by atoms with Crippen LogP contribution in [0.15, 0.2) is 0 Å². The van der Waals surface area contributed by atoms with Crippen LogP contribution in [0.5, 0.6) is 0 Å². The fraction of sp³-hybridized carbons (Fsp3) is 1.00. The van der Waals surface area contributed by atoms with Gasteiger partial charge in [0.2, 0.25) is 0 Å². The lowest BCUT2D eigenvalue weighted by Crippen LogP contribution is -2.11. The van der Waals surface area contributed by atoms with Gasteiger partial charge in [-0.05, 0) is 11.2 Å². The smallest absolute Gasteiger partial charge is 0.0654 e. The molecule has 0 saturated heterocycles. The minimum Gasteiger partial charge on any atom is -0.0654 e. The Morgan fingerprint density at radius 1 is 1.56 bits per heavy atom. The van der Waals surface area contributed by atoms with E-state index in [0.717, 1.165) is 11.2 Å². The van der Waals surface area contributed by atoms with Crippen LogP contribution >= 0.6 is 0 Å². The van der Waals surface area contributed by atoms with Crippen molar-refractivity contribution in [2.24, 2.45) is 5.92 Å². The van der Waals surface area contributed by atoms with Gasteiger partial charge in [0.1, 0.15) is 0 Å². The van der Waals surface area contributed by atoms with E-state index >= 15 is 0 Å². The number of nitroso groups, excluding NO2 is 1. The number of hydrogen-bond acceptors (Lipinski definition) is 1. The average Bonchev–Trinajstić information content (AvgIpc) is 1.63. The van der Waals surface area contributed by atoms with E-state index in [1.165, 1.54) is 6.42 Å². The zero-order valence-electron chi connectivity index (χ0n) is 6.55. The standard InChI is InChI=1S/C7H16NO/c1-4-5-7(2)6-8(3)9/h7H,4-6H2,1-3H3/q+1. The largest absolute Gasteiger partial charge is 0.194 e. The van der Waals surface area contributed by atoms with Gasteiger partial charge in [0.25, 0.3) is 0 Å². The van der Waals surface area contributed by atoms with Crippen LogP contribution in [0.25, 0.3) is 0 Å². The van der Waals surface area contributed by atoms with Crippen LogP contribution in [-0.4, -0.2) is 18.4 Å². The van der Waals surface area contributed by atoms with Crippen molar-refractivity contribution in [1.82, 2.24) is 0 Å². The third kappa shape index (κ3) is 5.47. The van der Waals surface area contributed by atoms with Gasteiger partial charge in [-0.15, -0.1) is 0 Å². The lowest BCUT2D eigenvalue weighted by Gasteiger charge is -2.00. The molecule has 0 aromatic heterocycles. The molecule has 0 aliphatic rings. The molecule has 0 amide bonds. The van der Waals surface area contributed by atoms with Gasteiger partial charge in [0, 0.05) is 10.8 Å². The van der Waals surface area contributed by atoms with E-state index in [1.54, 1.807) is 7.05 Å². The van der Waals surface area contributed by atoms with Crippen molar-refractivity contribution in [3.05, 3.63) is 4.91 Å². The van der Waals surface area contributed by atoms with E-state index in [0.29, 0.717) is 12.5 Å². The Labute approximate surface area is 56.8 Å². The summed E-state index contributed by atoms with van der Waals surface area (Å²) < 4.78 is 1.00. The van der Waals surface area contributed by atoms with Crippen LogP contribution in [0.2, 0.25) is 0 Å². The second-order valence-electron chi connectivity index (χ2n) is 2.70. The molecular formula is C7H16NO+. The second kappa shape index (κ2) is 4.48. The number of nitrogens with zero attached hydrogens (tertiary/aromatic N) is 1. The summed E-state index contributed by atoms with van der Waals surface area (Å²) in [5.74, 6) is 0.553. The normalized spacial score (nSPS) is 13.2. The van der Waals surface area contributed by atoms with E-state index in [2.05, 4.69) is 13.8 Å². The molecule has 54 valence electrons. The second-order valence-corrected chi connectivity index (χ2v) is 2.70. The molecule has 9 heavy (non-hydrogen) atoms. The molecule has 2 nitrogen and oxygen atoms in total. The fourth-order valence-electron chi connectivity index (χ4n) is 1.02. The van der Waals surface area contributed by atoms with E-state index in [4.69, 9.17) is 0 Å². The Morgan fingerprint density at radius 3 is 2.44 bits per heavy atom. The number of hydrogen-bond donors (Lipinski definition) is 0. The van der Waals surface area contributed by atoms with Gasteiger partial charge in [-0.25, -0.2) is 0 Å². The first-order valence-corrected chi connectivity index (χ1v) is 3.55. The molecular weight excluding hydrogens is 114 g/mol. The predicted octanol–water partition coefficient (Wildman–Crippen LogP) is 1.83. The maximum atomic E-state index is 10.4. The predicted molar refractivity (Wildman–Crippen MR) is 38.5 cm³/mol. The van der Waals surface area contributed by atoms with Crippen molar-refractivity contribution in [1.29, 1.82) is 0 Å². The van der Waals surface area contributed by atoms with Gasteiger partial charge in [-0.2, -0.15) is 0 Å². The van der Waals surface area contributed by atoms with Gasteiger partial charge >= 0.3 is 0 Å². The third-order valence-electron chi connectivity index (χ3n) is 1.35. The van der Waals surface area contributed by atoms with Crippen LogP contribution in [-0.2, 0) is 0 Å². The fourth-order valence-corrected chi connectivity index (χ4v) is 1.02. The lowest BCUT2D eigenvalue weighted by atomic mass is 10.1. The molecule has 0 spiro atoms. The molecule has 0 aromatic carbocycles. The van der Waals surface area contributed by atoms with Crippen LogP contribution in [0.1, 0.15) is 26.7 Å². The zero-order valence-corrected chi connectivity index (χ0v) is 6.55. The van der Waals surface area contributed by atoms with E-state index in [-0.39, 0.29) is 0 Å². The van der Waals surface area contributed by atoms with Crippen molar-refractivity contribution in [2.75, 3.05) is 13.6 Å². The van der Waals surface area contributed by atoms with Gasteiger partial charge in [-0.3, -0.25) is 0 Å². The number of rotatable bonds is 4. The first-order valence-electron chi connectivity index (χ1n) is 3.55. The van der Waals surface area contributed by atoms with Crippen LogP contribution in [0.3, 0.4) is 0 Å². The third-order valence-corrected chi connectivity index (χ3v) is 1.35. The average molecular weight is 130 g/mol. The molecule has 0 fully saturated rings. The monoisotopic (exact) mass is 130 g/mol. The molecule has 1 unspecified atom stereocenters. The molecule has 2 heteroatoms. The summed E-state index contributed by atoms with van der Waals surface area (Å²) >= 11 is 0. The minimum atomic E-state index is 0.553. The Balaban J connectivity index is 3.26. The molecule has 0 N–H and O–H groups in total. The molecule has 0 rings (SSSR count). The Kier molecular flexibility index (Phi) is 4.28. The van der Waals surface area contributed by atoms with Crippen LogP contribution in [0.4, 0.5) is 0 Å². The summed E-state index contributed by atoms with van der Waals surface area (Å²) in [7, 11) is 1.58. The highest BCUT2D eigenvalue weighted by Gasteiger charge is 2.07. The van der Waals surface area contributed by atoms with Crippen molar-refractivity contribution in [3.8, 4) is 0 Å². The molecule has 0 heterocycles. The Hall–Kier alpha value is -0.400. The molecule has 0 bridgehead atoms. The SMILES string of the molecule is CCCC(C)C[N+](C)=O. The lowest BCUT2D eigenvalue weighted by molar-refractivity contribution is -0.525. The van der Waals surface area contributed by atoms with Crippen LogP contribution < -0.4 is 0 Å². The molecule has 0 aliphatic heterocycles. The maximum absolute atomic E-state index is 10.4. The minimum absolute atomic E-state index is 0.553. The highest BCUT2D eigenvalue weighted by atomic mass is 16.3. The van der Waals surface area contributed by atoms with E-state index in [1.807, 2.05) is 0 Å². The van der Waals surface area contributed by atoms with Crippen molar-refractivity contribution in [2.45, 2.75) is 26.7 Å². The summed E-state index contributed by atoms with van der Waals surface area (Å²) in [5.41, 5.74) is 0. The van der Waals surface area contributed by atoms with Gasteiger partial charge in [0.05, 0.1) is 0 Å². The highest BCUT2D eigenvalue weighted by Crippen LogP contribution is 2.03. The highest BCUT2D eigenvalue weighted by molar-refractivity contribution is 4.46. The first-order chi connectivity index (χ1) is 4.16.